The second-order valence-electron chi connectivity index (χ2n) is 7.01. The van der Waals surface area contributed by atoms with E-state index in [1.54, 1.807) is 6.07 Å². The molecule has 2 rings (SSSR count). The smallest absolute Gasteiger partial charge is 0.317 e. The molecule has 144 valence electrons. The van der Waals surface area contributed by atoms with Crippen LogP contribution in [-0.4, -0.2) is 65.5 Å². The summed E-state index contributed by atoms with van der Waals surface area (Å²) in [5.41, 5.74) is 1.60. The monoisotopic (exact) mass is 381 g/mol. The van der Waals surface area contributed by atoms with Crippen molar-refractivity contribution in [3.05, 3.63) is 28.8 Å². The van der Waals surface area contributed by atoms with Crippen molar-refractivity contribution in [1.82, 2.24) is 9.80 Å². The average Bonchev–Trinajstić information content (AvgIpc) is 2.83. The molecule has 0 radical (unpaired) electrons. The molecule has 0 saturated carbocycles. The summed E-state index contributed by atoms with van der Waals surface area (Å²) in [5, 5.41) is 12.6. The lowest BCUT2D eigenvalue weighted by Crippen LogP contribution is -2.43. The van der Waals surface area contributed by atoms with Gasteiger partial charge in [-0.1, -0.05) is 17.7 Å². The van der Waals surface area contributed by atoms with Crippen LogP contribution in [0.4, 0.5) is 5.69 Å². The fraction of sp³-hybridized carbons (Fsp3) is 0.579. The molecule has 2 unspecified atom stereocenters. The molecule has 1 aliphatic heterocycles. The number of aliphatic carboxylic acids is 1. The minimum Gasteiger partial charge on any atom is -0.480 e. The van der Waals surface area contributed by atoms with Crippen LogP contribution in [0.5, 0.6) is 0 Å². The number of carbonyl (C=O) groups excluding carboxylic acids is 1. The van der Waals surface area contributed by atoms with Gasteiger partial charge >= 0.3 is 5.97 Å². The first-order valence-electron chi connectivity index (χ1n) is 9.01. The largest absolute Gasteiger partial charge is 0.480 e. The number of amides is 1. The summed E-state index contributed by atoms with van der Waals surface area (Å²) in [7, 11) is 1.85. The average molecular weight is 382 g/mol. The summed E-state index contributed by atoms with van der Waals surface area (Å²) in [4.78, 5) is 27.6. The van der Waals surface area contributed by atoms with Crippen LogP contribution >= 0.6 is 11.6 Å². The summed E-state index contributed by atoms with van der Waals surface area (Å²) >= 11 is 6.12. The number of carboxylic acid groups (broad SMARTS) is 1. The quantitative estimate of drug-likeness (QED) is 0.792. The Kier molecular flexibility index (Phi) is 7.43. The van der Waals surface area contributed by atoms with E-state index >= 15 is 0 Å². The SMILES string of the molecule is Cc1c(Cl)cccc1NC(=O)C(C)N1CCCC(N(C)CC(=O)O)CC1. The van der Waals surface area contributed by atoms with Crippen LogP contribution in [0.3, 0.4) is 0 Å². The van der Waals surface area contributed by atoms with E-state index in [9.17, 15) is 9.59 Å². The van der Waals surface area contributed by atoms with Gasteiger partial charge in [-0.2, -0.15) is 0 Å². The topological polar surface area (TPSA) is 72.9 Å². The normalized spacial score (nSPS) is 19.8. The van der Waals surface area contributed by atoms with Gasteiger partial charge in [0.15, 0.2) is 0 Å². The molecule has 6 nitrogen and oxygen atoms in total. The van der Waals surface area contributed by atoms with E-state index < -0.39 is 5.97 Å². The highest BCUT2D eigenvalue weighted by Gasteiger charge is 2.27. The number of halogens is 1. The fourth-order valence-corrected chi connectivity index (χ4v) is 3.59. The van der Waals surface area contributed by atoms with Gasteiger partial charge in [0.05, 0.1) is 12.6 Å². The molecular formula is C19H28ClN3O3. The number of hydrogen-bond donors (Lipinski definition) is 2. The Balaban J connectivity index is 1.94. The highest BCUT2D eigenvalue weighted by Crippen LogP contribution is 2.24. The third-order valence-corrected chi connectivity index (χ3v) is 5.60. The molecule has 1 heterocycles. The van der Waals surface area contributed by atoms with Gasteiger partial charge in [-0.25, -0.2) is 0 Å². The summed E-state index contributed by atoms with van der Waals surface area (Å²) in [6, 6.07) is 5.46. The number of carbonyl (C=O) groups is 2. The van der Waals surface area contributed by atoms with Crippen molar-refractivity contribution in [3.63, 3.8) is 0 Å². The van der Waals surface area contributed by atoms with Gasteiger partial charge in [0, 0.05) is 23.3 Å². The molecule has 2 N–H and O–H groups in total. The lowest BCUT2D eigenvalue weighted by molar-refractivity contribution is -0.138. The van der Waals surface area contributed by atoms with Crippen molar-refractivity contribution in [1.29, 1.82) is 0 Å². The van der Waals surface area contributed by atoms with Gasteiger partial charge in [-0.05, 0) is 64.4 Å². The van der Waals surface area contributed by atoms with Gasteiger partial charge in [0.25, 0.3) is 0 Å². The minimum absolute atomic E-state index is 0.0484. The number of likely N-dealkylation sites (N-methyl/N-ethyl adjacent to an activating group) is 1. The Morgan fingerprint density at radius 2 is 2.12 bits per heavy atom. The van der Waals surface area contributed by atoms with Crippen LogP contribution in [0.25, 0.3) is 0 Å². The second-order valence-corrected chi connectivity index (χ2v) is 7.41. The zero-order valence-corrected chi connectivity index (χ0v) is 16.4. The molecule has 1 amide bonds. The summed E-state index contributed by atoms with van der Waals surface area (Å²) in [5.74, 6) is -0.856. The van der Waals surface area contributed by atoms with E-state index in [0.29, 0.717) is 5.02 Å². The molecule has 1 saturated heterocycles. The molecule has 1 fully saturated rings. The molecule has 1 aromatic carbocycles. The molecule has 1 aromatic rings. The van der Waals surface area contributed by atoms with Gasteiger partial charge in [-0.15, -0.1) is 0 Å². The second kappa shape index (κ2) is 9.35. The maximum atomic E-state index is 12.7. The minimum atomic E-state index is -0.807. The van der Waals surface area contributed by atoms with Gasteiger partial charge in [0.1, 0.15) is 0 Å². The maximum Gasteiger partial charge on any atom is 0.317 e. The molecule has 0 aromatic heterocycles. The fourth-order valence-electron chi connectivity index (χ4n) is 3.42. The van der Waals surface area contributed by atoms with Crippen molar-refractivity contribution >= 4 is 29.2 Å². The Bertz CT molecular complexity index is 653. The Hall–Kier alpha value is -1.63. The molecule has 0 bridgehead atoms. The van der Waals surface area contributed by atoms with Gasteiger partial charge in [0.2, 0.25) is 5.91 Å². The van der Waals surface area contributed by atoms with Crippen molar-refractivity contribution in [2.45, 2.75) is 45.2 Å². The van der Waals surface area contributed by atoms with E-state index in [2.05, 4.69) is 10.2 Å². The van der Waals surface area contributed by atoms with E-state index in [1.165, 1.54) is 0 Å². The number of carboxylic acids is 1. The third kappa shape index (κ3) is 5.43. The number of nitrogens with one attached hydrogen (secondary N) is 1. The molecule has 26 heavy (non-hydrogen) atoms. The van der Waals surface area contributed by atoms with Gasteiger partial charge < -0.3 is 10.4 Å². The number of nitrogens with zero attached hydrogens (tertiary/aromatic N) is 2. The lowest BCUT2D eigenvalue weighted by atomic mass is 10.1. The van der Waals surface area contributed by atoms with Gasteiger partial charge in [-0.3, -0.25) is 19.4 Å². The van der Waals surface area contributed by atoms with E-state index in [1.807, 2.05) is 37.9 Å². The molecule has 0 aliphatic carbocycles. The van der Waals surface area contributed by atoms with E-state index in [4.69, 9.17) is 16.7 Å². The third-order valence-electron chi connectivity index (χ3n) is 5.19. The van der Waals surface area contributed by atoms with Crippen molar-refractivity contribution in [2.75, 3.05) is 32.0 Å². The van der Waals surface area contributed by atoms with E-state index in [-0.39, 0.29) is 24.5 Å². The number of anilines is 1. The summed E-state index contributed by atoms with van der Waals surface area (Å²) in [6.07, 6.45) is 2.75. The number of likely N-dealkylation sites (tertiary alicyclic amines) is 1. The predicted octanol–water partition coefficient (Wildman–Crippen LogP) is 2.85. The highest BCUT2D eigenvalue weighted by atomic mass is 35.5. The maximum absolute atomic E-state index is 12.7. The zero-order chi connectivity index (χ0) is 19.3. The number of hydrogen-bond acceptors (Lipinski definition) is 4. The summed E-state index contributed by atoms with van der Waals surface area (Å²) in [6.45, 7) is 5.46. The van der Waals surface area contributed by atoms with Crippen LogP contribution in [0.2, 0.25) is 5.02 Å². The molecule has 0 spiro atoms. The van der Waals surface area contributed by atoms with Crippen molar-refractivity contribution in [3.8, 4) is 0 Å². The molecule has 1 aliphatic rings. The molecule has 7 heteroatoms. The van der Waals surface area contributed by atoms with Crippen LogP contribution < -0.4 is 5.32 Å². The molecular weight excluding hydrogens is 354 g/mol. The first-order valence-corrected chi connectivity index (χ1v) is 9.39. The first-order chi connectivity index (χ1) is 12.3. The standard InChI is InChI=1S/C19H28ClN3O3/c1-13-16(20)7-4-8-17(13)21-19(26)14(2)23-10-5-6-15(9-11-23)22(3)12-18(24)25/h4,7-8,14-15H,5-6,9-12H2,1-3H3,(H,21,26)(H,24,25). The Labute approximate surface area is 160 Å². The Morgan fingerprint density at radius 3 is 2.81 bits per heavy atom. The highest BCUT2D eigenvalue weighted by molar-refractivity contribution is 6.31. The first kappa shape index (κ1) is 20.7. The predicted molar refractivity (Wildman–Crippen MR) is 104 cm³/mol. The van der Waals surface area contributed by atoms with Crippen molar-refractivity contribution < 1.29 is 14.7 Å². The van der Waals surface area contributed by atoms with Crippen molar-refractivity contribution in [2.24, 2.45) is 0 Å². The van der Waals surface area contributed by atoms with Crippen LogP contribution in [0.1, 0.15) is 31.7 Å². The van der Waals surface area contributed by atoms with E-state index in [0.717, 1.165) is 43.6 Å². The van der Waals surface area contributed by atoms with Crippen LogP contribution in [0, 0.1) is 6.92 Å². The van der Waals surface area contributed by atoms with Crippen LogP contribution in [0.15, 0.2) is 18.2 Å². The molecule has 2 atom stereocenters. The zero-order valence-electron chi connectivity index (χ0n) is 15.7. The number of benzene rings is 1. The van der Waals surface area contributed by atoms with Crippen LogP contribution in [-0.2, 0) is 9.59 Å². The summed E-state index contributed by atoms with van der Waals surface area (Å²) < 4.78 is 0. The lowest BCUT2D eigenvalue weighted by Gasteiger charge is -2.28. The number of rotatable bonds is 6. The Morgan fingerprint density at radius 1 is 1.38 bits per heavy atom.